The topological polar surface area (TPSA) is 56.7 Å². The number of fused-ring (bicyclic) bond motifs is 1. The van der Waals surface area contributed by atoms with Crippen LogP contribution in [0.25, 0.3) is 11.1 Å². The van der Waals surface area contributed by atoms with Crippen molar-refractivity contribution in [3.05, 3.63) is 90.3 Å². The Hall–Kier alpha value is -3.02. The number of hydrogen-bond acceptors (Lipinski definition) is 4. The van der Waals surface area contributed by atoms with Gasteiger partial charge in [-0.15, -0.1) is 0 Å². The maximum atomic E-state index is 13.1. The van der Waals surface area contributed by atoms with Crippen molar-refractivity contribution in [2.24, 2.45) is 0 Å². The van der Waals surface area contributed by atoms with Crippen LogP contribution in [0.4, 0.5) is 0 Å². The normalized spacial score (nSPS) is 23.2. The molecule has 5 nitrogen and oxygen atoms in total. The van der Waals surface area contributed by atoms with Gasteiger partial charge in [0.15, 0.2) is 0 Å². The summed E-state index contributed by atoms with van der Waals surface area (Å²) in [6, 6.07) is 25.2. The standard InChI is InChI=1S/C28H31N3O2/c32-20-26-28(23-13-11-22(12-14-23)21-8-2-1-3-9-21)25-19-30(16-6-7-17-31(25)26)27(33)18-24-10-4-5-15-29-24/h1-5,8-15,25-26,28,32H,6-7,16-20H2/t25-,26+,28+/m0/s1. The van der Waals surface area contributed by atoms with Crippen molar-refractivity contribution in [2.45, 2.75) is 37.3 Å². The molecular formula is C28H31N3O2. The monoisotopic (exact) mass is 441 g/mol. The Labute approximate surface area is 195 Å². The quantitative estimate of drug-likeness (QED) is 0.655. The first-order valence-electron chi connectivity index (χ1n) is 11.9. The van der Waals surface area contributed by atoms with Gasteiger partial charge < -0.3 is 10.0 Å². The van der Waals surface area contributed by atoms with Gasteiger partial charge in [0, 0.05) is 43.0 Å². The molecular weight excluding hydrogens is 410 g/mol. The van der Waals surface area contributed by atoms with Gasteiger partial charge in [-0.1, -0.05) is 60.7 Å². The molecule has 33 heavy (non-hydrogen) atoms. The van der Waals surface area contributed by atoms with Gasteiger partial charge in [-0.2, -0.15) is 0 Å². The van der Waals surface area contributed by atoms with Crippen LogP contribution in [0, 0.1) is 0 Å². The highest BCUT2D eigenvalue weighted by molar-refractivity contribution is 5.78. The minimum absolute atomic E-state index is 0.114. The predicted octanol–water partition coefficient (Wildman–Crippen LogP) is 3.74. The van der Waals surface area contributed by atoms with Gasteiger partial charge in [0.1, 0.15) is 0 Å². The van der Waals surface area contributed by atoms with Crippen molar-refractivity contribution < 1.29 is 9.90 Å². The fourth-order valence-electron chi connectivity index (χ4n) is 5.46. The summed E-state index contributed by atoms with van der Waals surface area (Å²) in [6.07, 6.45) is 4.12. The molecule has 1 aromatic heterocycles. The summed E-state index contributed by atoms with van der Waals surface area (Å²) < 4.78 is 0. The minimum atomic E-state index is 0.114. The smallest absolute Gasteiger partial charge is 0.228 e. The molecule has 5 rings (SSSR count). The highest BCUT2D eigenvalue weighted by atomic mass is 16.3. The fourth-order valence-corrected chi connectivity index (χ4v) is 5.46. The number of aromatic nitrogens is 1. The lowest BCUT2D eigenvalue weighted by molar-refractivity contribution is -0.135. The van der Waals surface area contributed by atoms with E-state index in [2.05, 4.69) is 58.4 Å². The zero-order valence-corrected chi connectivity index (χ0v) is 18.9. The van der Waals surface area contributed by atoms with Crippen LogP contribution in [-0.2, 0) is 11.2 Å². The van der Waals surface area contributed by atoms with Gasteiger partial charge in [0.2, 0.25) is 5.91 Å². The molecule has 2 fully saturated rings. The van der Waals surface area contributed by atoms with E-state index in [0.29, 0.717) is 13.0 Å². The minimum Gasteiger partial charge on any atom is -0.395 e. The molecule has 0 aliphatic carbocycles. The lowest BCUT2D eigenvalue weighted by Crippen LogP contribution is -2.68. The van der Waals surface area contributed by atoms with Crippen LogP contribution in [0.2, 0.25) is 0 Å². The van der Waals surface area contributed by atoms with Crippen molar-refractivity contribution in [1.29, 1.82) is 0 Å². The number of hydrogen-bond donors (Lipinski definition) is 1. The molecule has 3 heterocycles. The molecule has 0 unspecified atom stereocenters. The summed E-state index contributed by atoms with van der Waals surface area (Å²) in [6.45, 7) is 2.62. The first-order valence-corrected chi connectivity index (χ1v) is 11.9. The van der Waals surface area contributed by atoms with E-state index < -0.39 is 0 Å². The van der Waals surface area contributed by atoms with Gasteiger partial charge in [-0.25, -0.2) is 0 Å². The average molecular weight is 442 g/mol. The maximum Gasteiger partial charge on any atom is 0.228 e. The zero-order chi connectivity index (χ0) is 22.6. The van der Waals surface area contributed by atoms with Crippen LogP contribution < -0.4 is 0 Å². The number of carbonyl (C=O) groups excluding carboxylic acids is 1. The van der Waals surface area contributed by atoms with Crippen LogP contribution >= 0.6 is 0 Å². The SMILES string of the molecule is O=C(Cc1ccccn1)N1CCCCN2[C@H](CO)[C@H](c3ccc(-c4ccccc4)cc3)[C@@H]2C1. The first kappa shape index (κ1) is 21.8. The second kappa shape index (κ2) is 9.86. The number of nitrogens with zero attached hydrogens (tertiary/aromatic N) is 3. The summed E-state index contributed by atoms with van der Waals surface area (Å²) in [5.41, 5.74) is 4.46. The lowest BCUT2D eigenvalue weighted by atomic mass is 9.74. The molecule has 3 atom stereocenters. The number of aliphatic hydroxyl groups is 1. The summed E-state index contributed by atoms with van der Waals surface area (Å²) in [7, 11) is 0. The number of pyridine rings is 1. The fraction of sp³-hybridized carbons (Fsp3) is 0.357. The molecule has 2 saturated heterocycles. The third-order valence-electron chi connectivity index (χ3n) is 7.18. The van der Waals surface area contributed by atoms with E-state index >= 15 is 0 Å². The maximum absolute atomic E-state index is 13.1. The number of rotatable bonds is 5. The Morgan fingerprint density at radius 2 is 1.64 bits per heavy atom. The van der Waals surface area contributed by atoms with Gasteiger partial charge in [0.05, 0.1) is 13.0 Å². The predicted molar refractivity (Wildman–Crippen MR) is 130 cm³/mol. The van der Waals surface area contributed by atoms with Crippen molar-refractivity contribution in [2.75, 3.05) is 26.2 Å². The number of carbonyl (C=O) groups is 1. The van der Waals surface area contributed by atoms with Crippen molar-refractivity contribution in [3.8, 4) is 11.1 Å². The van der Waals surface area contributed by atoms with Crippen molar-refractivity contribution in [1.82, 2.24) is 14.8 Å². The lowest BCUT2D eigenvalue weighted by Gasteiger charge is -2.57. The highest BCUT2D eigenvalue weighted by Crippen LogP contribution is 2.42. The summed E-state index contributed by atoms with van der Waals surface area (Å²) >= 11 is 0. The van der Waals surface area contributed by atoms with Gasteiger partial charge >= 0.3 is 0 Å². The Morgan fingerprint density at radius 3 is 2.36 bits per heavy atom. The first-order chi connectivity index (χ1) is 16.2. The van der Waals surface area contributed by atoms with E-state index in [9.17, 15) is 9.90 Å². The van der Waals surface area contributed by atoms with E-state index in [0.717, 1.165) is 31.6 Å². The van der Waals surface area contributed by atoms with Crippen molar-refractivity contribution >= 4 is 5.91 Å². The number of amides is 1. The van der Waals surface area contributed by atoms with Gasteiger partial charge in [-0.05, 0) is 48.2 Å². The summed E-state index contributed by atoms with van der Waals surface area (Å²) in [4.78, 5) is 21.9. The largest absolute Gasteiger partial charge is 0.395 e. The molecule has 3 aromatic rings. The second-order valence-corrected chi connectivity index (χ2v) is 9.11. The summed E-state index contributed by atoms with van der Waals surface area (Å²) in [5, 5.41) is 10.2. The Bertz CT molecular complexity index is 1060. The molecule has 1 amide bonds. The van der Waals surface area contributed by atoms with E-state index in [1.54, 1.807) is 6.20 Å². The van der Waals surface area contributed by atoms with Crippen LogP contribution in [0.3, 0.4) is 0 Å². The third kappa shape index (κ3) is 4.56. The molecule has 2 aromatic carbocycles. The molecule has 0 spiro atoms. The van der Waals surface area contributed by atoms with Crippen LogP contribution in [0.5, 0.6) is 0 Å². The molecule has 0 radical (unpaired) electrons. The van der Waals surface area contributed by atoms with Crippen molar-refractivity contribution in [3.63, 3.8) is 0 Å². The zero-order valence-electron chi connectivity index (χ0n) is 18.9. The average Bonchev–Trinajstić information content (AvgIpc) is 2.84. The molecule has 5 heteroatoms. The second-order valence-electron chi connectivity index (χ2n) is 9.11. The molecule has 170 valence electrons. The Kier molecular flexibility index (Phi) is 6.51. The van der Waals surface area contributed by atoms with E-state index in [1.807, 2.05) is 29.2 Å². The highest BCUT2D eigenvalue weighted by Gasteiger charge is 2.49. The Morgan fingerprint density at radius 1 is 0.909 bits per heavy atom. The van der Waals surface area contributed by atoms with Crippen LogP contribution in [0.15, 0.2) is 79.0 Å². The molecule has 2 aliphatic rings. The van der Waals surface area contributed by atoms with Gasteiger partial charge in [-0.3, -0.25) is 14.7 Å². The molecule has 0 saturated carbocycles. The van der Waals surface area contributed by atoms with Crippen LogP contribution in [0.1, 0.15) is 30.0 Å². The number of aliphatic hydroxyl groups excluding tert-OH is 1. The Balaban J connectivity index is 1.35. The van der Waals surface area contributed by atoms with E-state index in [1.165, 1.54) is 16.7 Å². The number of benzene rings is 2. The molecule has 2 aliphatic heterocycles. The van der Waals surface area contributed by atoms with E-state index in [-0.39, 0.29) is 30.5 Å². The van der Waals surface area contributed by atoms with Gasteiger partial charge in [0.25, 0.3) is 0 Å². The molecule has 0 bridgehead atoms. The summed E-state index contributed by atoms with van der Waals surface area (Å²) in [5.74, 6) is 0.365. The molecule has 1 N–H and O–H groups in total. The third-order valence-corrected chi connectivity index (χ3v) is 7.18. The van der Waals surface area contributed by atoms with Crippen LogP contribution in [-0.4, -0.2) is 64.1 Å². The van der Waals surface area contributed by atoms with E-state index in [4.69, 9.17) is 0 Å².